The molecule has 0 amide bonds. The van der Waals surface area contributed by atoms with Crippen LogP contribution < -0.4 is 10.6 Å². The van der Waals surface area contributed by atoms with E-state index in [0.717, 1.165) is 36.1 Å². The van der Waals surface area contributed by atoms with E-state index >= 15 is 0 Å². The normalized spacial score (nSPS) is 24.7. The van der Waals surface area contributed by atoms with Crippen LogP contribution in [0.5, 0.6) is 0 Å². The fourth-order valence-electron chi connectivity index (χ4n) is 3.33. The molecule has 2 atom stereocenters. The number of anilines is 1. The van der Waals surface area contributed by atoms with Crippen LogP contribution in [0.1, 0.15) is 12.8 Å². The first-order valence-corrected chi connectivity index (χ1v) is 7.81. The predicted molar refractivity (Wildman–Crippen MR) is 83.8 cm³/mol. The molecule has 0 bridgehead atoms. The highest BCUT2D eigenvalue weighted by Crippen LogP contribution is 2.41. The first kappa shape index (κ1) is 13.6. The number of nitrogens with two attached hydrogens (primary N) is 1. The fraction of sp³-hybridized carbons (Fsp3) is 0.412. The average molecular weight is 298 g/mol. The Kier molecular flexibility index (Phi) is 3.30. The minimum absolute atomic E-state index is 0.242. The van der Waals surface area contributed by atoms with Crippen LogP contribution in [-0.4, -0.2) is 29.3 Å². The number of rotatable bonds is 3. The second-order valence-electron chi connectivity index (χ2n) is 6.35. The summed E-state index contributed by atoms with van der Waals surface area (Å²) in [6, 6.07) is 10.5. The highest BCUT2D eigenvalue weighted by atomic mass is 19.1. The van der Waals surface area contributed by atoms with Gasteiger partial charge in [-0.25, -0.2) is 4.39 Å². The van der Waals surface area contributed by atoms with E-state index in [0.29, 0.717) is 5.92 Å². The van der Waals surface area contributed by atoms with Crippen LogP contribution in [0.25, 0.3) is 11.3 Å². The molecule has 0 radical (unpaired) electrons. The highest BCUT2D eigenvalue weighted by Gasteiger charge is 2.41. The van der Waals surface area contributed by atoms with Crippen molar-refractivity contribution in [1.29, 1.82) is 0 Å². The quantitative estimate of drug-likeness (QED) is 0.945. The summed E-state index contributed by atoms with van der Waals surface area (Å²) < 4.78 is 13.0. The van der Waals surface area contributed by atoms with Crippen LogP contribution >= 0.6 is 0 Å². The lowest BCUT2D eigenvalue weighted by Crippen LogP contribution is -2.30. The second kappa shape index (κ2) is 5.32. The molecule has 2 fully saturated rings. The zero-order valence-electron chi connectivity index (χ0n) is 12.3. The molecule has 4 rings (SSSR count). The molecule has 114 valence electrons. The molecule has 2 heterocycles. The zero-order chi connectivity index (χ0) is 15.1. The maximum atomic E-state index is 13.0. The van der Waals surface area contributed by atoms with Gasteiger partial charge in [0.05, 0.1) is 5.69 Å². The lowest BCUT2D eigenvalue weighted by Gasteiger charge is -2.16. The number of halogens is 1. The Hall–Kier alpha value is -2.01. The maximum Gasteiger partial charge on any atom is 0.151 e. The van der Waals surface area contributed by atoms with Gasteiger partial charge in [0.25, 0.3) is 0 Å². The Labute approximate surface area is 129 Å². The van der Waals surface area contributed by atoms with Crippen molar-refractivity contribution >= 4 is 5.82 Å². The van der Waals surface area contributed by atoms with E-state index < -0.39 is 0 Å². The topological polar surface area (TPSA) is 55.0 Å². The number of benzene rings is 1. The summed E-state index contributed by atoms with van der Waals surface area (Å²) in [5, 5.41) is 8.61. The highest BCUT2D eigenvalue weighted by molar-refractivity contribution is 5.59. The third-order valence-corrected chi connectivity index (χ3v) is 4.75. The molecule has 1 aliphatic carbocycles. The smallest absolute Gasteiger partial charge is 0.151 e. The molecule has 2 aliphatic rings. The van der Waals surface area contributed by atoms with Crippen LogP contribution in [0.2, 0.25) is 0 Å². The largest absolute Gasteiger partial charge is 0.353 e. The molecular formula is C17H19FN4. The van der Waals surface area contributed by atoms with Crippen LogP contribution in [0, 0.1) is 17.7 Å². The van der Waals surface area contributed by atoms with Crippen LogP contribution in [-0.2, 0) is 0 Å². The van der Waals surface area contributed by atoms with Crippen molar-refractivity contribution in [3.8, 4) is 11.3 Å². The Morgan fingerprint density at radius 1 is 1.00 bits per heavy atom. The van der Waals surface area contributed by atoms with Gasteiger partial charge in [-0.3, -0.25) is 0 Å². The summed E-state index contributed by atoms with van der Waals surface area (Å²) in [5.74, 6) is 2.04. The fourth-order valence-corrected chi connectivity index (χ4v) is 3.33. The molecule has 2 N–H and O–H groups in total. The van der Waals surface area contributed by atoms with Crippen molar-refractivity contribution in [1.82, 2.24) is 10.2 Å². The molecule has 1 aliphatic heterocycles. The monoisotopic (exact) mass is 298 g/mol. The molecule has 22 heavy (non-hydrogen) atoms. The van der Waals surface area contributed by atoms with E-state index in [1.807, 2.05) is 12.1 Å². The maximum absolute atomic E-state index is 13.0. The summed E-state index contributed by atoms with van der Waals surface area (Å²) in [6.07, 6.45) is 2.64. The minimum Gasteiger partial charge on any atom is -0.353 e. The molecular weight excluding hydrogens is 279 g/mol. The van der Waals surface area contributed by atoms with Gasteiger partial charge >= 0.3 is 0 Å². The van der Waals surface area contributed by atoms with Crippen LogP contribution in [0.3, 0.4) is 0 Å². The summed E-state index contributed by atoms with van der Waals surface area (Å²) in [6.45, 7) is 1.84. The Morgan fingerprint density at radius 2 is 1.77 bits per heavy atom. The van der Waals surface area contributed by atoms with E-state index in [-0.39, 0.29) is 11.9 Å². The van der Waals surface area contributed by atoms with Gasteiger partial charge in [0, 0.05) is 24.7 Å². The molecule has 1 aromatic heterocycles. The van der Waals surface area contributed by atoms with Gasteiger partial charge in [-0.2, -0.15) is 0 Å². The third-order valence-electron chi connectivity index (χ3n) is 4.75. The van der Waals surface area contributed by atoms with E-state index in [1.54, 1.807) is 12.1 Å². The van der Waals surface area contributed by atoms with Gasteiger partial charge in [-0.1, -0.05) is 0 Å². The lowest BCUT2D eigenvalue weighted by molar-refractivity contribution is 0.456. The van der Waals surface area contributed by atoms with E-state index in [2.05, 4.69) is 15.1 Å². The summed E-state index contributed by atoms with van der Waals surface area (Å²) in [4.78, 5) is 2.23. The zero-order valence-corrected chi connectivity index (χ0v) is 12.3. The number of nitrogens with zero attached hydrogens (tertiary/aromatic N) is 3. The van der Waals surface area contributed by atoms with Crippen molar-refractivity contribution < 1.29 is 4.39 Å². The van der Waals surface area contributed by atoms with Gasteiger partial charge < -0.3 is 10.6 Å². The molecule has 1 saturated heterocycles. The molecule has 2 aromatic rings. The van der Waals surface area contributed by atoms with E-state index in [1.165, 1.54) is 25.0 Å². The Bertz CT molecular complexity index is 651. The summed E-state index contributed by atoms with van der Waals surface area (Å²) >= 11 is 0. The van der Waals surface area contributed by atoms with Crippen molar-refractivity contribution in [2.75, 3.05) is 18.0 Å². The van der Waals surface area contributed by atoms with Gasteiger partial charge in [-0.15, -0.1) is 10.2 Å². The molecule has 5 heteroatoms. The lowest BCUT2D eigenvalue weighted by atomic mass is 9.99. The van der Waals surface area contributed by atoms with Crippen molar-refractivity contribution in [3.05, 3.63) is 42.2 Å². The van der Waals surface area contributed by atoms with Crippen molar-refractivity contribution in [3.63, 3.8) is 0 Å². The Balaban J connectivity index is 1.51. The first-order valence-electron chi connectivity index (χ1n) is 7.81. The second-order valence-corrected chi connectivity index (χ2v) is 6.35. The van der Waals surface area contributed by atoms with E-state index in [4.69, 9.17) is 5.73 Å². The van der Waals surface area contributed by atoms with Gasteiger partial charge in [0.15, 0.2) is 5.82 Å². The van der Waals surface area contributed by atoms with Gasteiger partial charge in [-0.05, 0) is 61.1 Å². The summed E-state index contributed by atoms with van der Waals surface area (Å²) in [5.41, 5.74) is 7.88. The molecule has 0 unspecified atom stereocenters. The van der Waals surface area contributed by atoms with Crippen LogP contribution in [0.4, 0.5) is 10.2 Å². The van der Waals surface area contributed by atoms with Gasteiger partial charge in [0.2, 0.25) is 0 Å². The number of aromatic nitrogens is 2. The first-order chi connectivity index (χ1) is 10.7. The molecule has 4 nitrogen and oxygen atoms in total. The standard InChI is InChI=1S/C17H19FN4/c18-13-5-3-12(4-6-13)16-7-8-17(21-20-16)22-9-14(11-1-2-11)15(19)10-22/h3-8,11,14-15H,1-2,9-10,19H2/t14-,15+/m1/s1. The third kappa shape index (κ3) is 2.57. The molecule has 0 spiro atoms. The van der Waals surface area contributed by atoms with E-state index in [9.17, 15) is 4.39 Å². The molecule has 1 aromatic carbocycles. The SMILES string of the molecule is N[C@H]1CN(c2ccc(-c3ccc(F)cc3)nn2)C[C@@H]1C1CC1. The van der Waals surface area contributed by atoms with Crippen molar-refractivity contribution in [2.24, 2.45) is 17.6 Å². The van der Waals surface area contributed by atoms with Crippen molar-refractivity contribution in [2.45, 2.75) is 18.9 Å². The average Bonchev–Trinajstić information content (AvgIpc) is 3.31. The van der Waals surface area contributed by atoms with Gasteiger partial charge in [0.1, 0.15) is 5.82 Å². The number of hydrogen-bond acceptors (Lipinski definition) is 4. The minimum atomic E-state index is -0.245. The predicted octanol–water partition coefficient (Wildman–Crippen LogP) is 2.46. The summed E-state index contributed by atoms with van der Waals surface area (Å²) in [7, 11) is 0. The Morgan fingerprint density at radius 3 is 2.41 bits per heavy atom. The molecule has 1 saturated carbocycles. The number of hydrogen-bond donors (Lipinski definition) is 1. The van der Waals surface area contributed by atoms with Crippen LogP contribution in [0.15, 0.2) is 36.4 Å².